The average molecular weight is 612 g/mol. The molecular formula is C34H49N3O7. The number of carbonyl (C=O) groups excluding carboxylic acids is 4. The van der Waals surface area contributed by atoms with E-state index in [2.05, 4.69) is 17.6 Å². The van der Waals surface area contributed by atoms with Gasteiger partial charge in [0, 0.05) is 19.5 Å². The Labute approximate surface area is 261 Å². The maximum atomic E-state index is 14.5. The van der Waals surface area contributed by atoms with Gasteiger partial charge in [-0.05, 0) is 57.4 Å². The molecule has 0 spiro atoms. The number of aromatic hydroxyl groups is 1. The van der Waals surface area contributed by atoms with Gasteiger partial charge in [-0.3, -0.25) is 14.4 Å². The van der Waals surface area contributed by atoms with Gasteiger partial charge >= 0.3 is 12.1 Å². The highest BCUT2D eigenvalue weighted by Gasteiger charge is 2.36. The highest BCUT2D eigenvalue weighted by atomic mass is 16.6. The Morgan fingerprint density at radius 3 is 2.27 bits per heavy atom. The predicted molar refractivity (Wildman–Crippen MR) is 169 cm³/mol. The van der Waals surface area contributed by atoms with Gasteiger partial charge in [0.1, 0.15) is 23.4 Å². The lowest BCUT2D eigenvalue weighted by Crippen LogP contribution is -2.54. The summed E-state index contributed by atoms with van der Waals surface area (Å²) in [7, 11) is 0. The minimum absolute atomic E-state index is 0.00904. The van der Waals surface area contributed by atoms with Crippen molar-refractivity contribution in [3.63, 3.8) is 0 Å². The van der Waals surface area contributed by atoms with Crippen LogP contribution in [0.4, 0.5) is 4.79 Å². The number of carbonyl (C=O) groups is 4. The van der Waals surface area contributed by atoms with Crippen LogP contribution in [0.25, 0.3) is 0 Å². The molecule has 0 radical (unpaired) electrons. The number of benzene rings is 2. The van der Waals surface area contributed by atoms with Gasteiger partial charge in [-0.2, -0.15) is 0 Å². The molecule has 0 aliphatic heterocycles. The first-order chi connectivity index (χ1) is 20.9. The average Bonchev–Trinajstić information content (AvgIpc) is 2.95. The van der Waals surface area contributed by atoms with Crippen LogP contribution in [0.3, 0.4) is 0 Å². The van der Waals surface area contributed by atoms with Crippen molar-refractivity contribution in [1.29, 1.82) is 0 Å². The molecule has 242 valence electrons. The summed E-state index contributed by atoms with van der Waals surface area (Å²) >= 11 is 0. The highest BCUT2D eigenvalue weighted by Crippen LogP contribution is 2.27. The minimum atomic E-state index is -1.14. The van der Waals surface area contributed by atoms with Crippen molar-refractivity contribution in [3.8, 4) is 5.75 Å². The summed E-state index contributed by atoms with van der Waals surface area (Å²) in [5.41, 5.74) is 0.431. The molecule has 2 aromatic carbocycles. The standard InChI is InChI=1S/C34H49N3O7/c1-6-8-9-10-14-22-37(30(26-18-15-19-27(38)24-26)31(40)35-21-20-29(39)43-7-2)32(41)28(23-25-16-12-11-13-17-25)36-33(42)44-34(3,4)5/h11-13,15-19,24,28,30,38H,6-10,14,20-23H2,1-5H3,(H,35,40)(H,36,42). The summed E-state index contributed by atoms with van der Waals surface area (Å²) < 4.78 is 10.5. The minimum Gasteiger partial charge on any atom is -0.508 e. The number of unbranched alkanes of at least 4 members (excludes halogenated alkanes) is 4. The molecule has 2 aromatic rings. The zero-order valence-electron chi connectivity index (χ0n) is 26.8. The number of hydrogen-bond acceptors (Lipinski definition) is 7. The lowest BCUT2D eigenvalue weighted by Gasteiger charge is -2.34. The van der Waals surface area contributed by atoms with Crippen molar-refractivity contribution < 1.29 is 33.8 Å². The van der Waals surface area contributed by atoms with Gasteiger partial charge in [0.05, 0.1) is 13.0 Å². The predicted octanol–water partition coefficient (Wildman–Crippen LogP) is 5.44. The molecule has 0 saturated carbocycles. The van der Waals surface area contributed by atoms with E-state index >= 15 is 0 Å². The second kappa shape index (κ2) is 18.6. The number of nitrogens with zero attached hydrogens (tertiary/aromatic N) is 1. The number of esters is 1. The summed E-state index contributed by atoms with van der Waals surface area (Å²) in [6, 6.07) is 13.3. The fourth-order valence-electron chi connectivity index (χ4n) is 4.74. The Bertz CT molecular complexity index is 1200. The zero-order chi connectivity index (χ0) is 32.5. The topological polar surface area (TPSA) is 134 Å². The highest BCUT2D eigenvalue weighted by molar-refractivity contribution is 5.92. The molecule has 2 unspecified atom stereocenters. The van der Waals surface area contributed by atoms with Crippen LogP contribution in [0.2, 0.25) is 0 Å². The third kappa shape index (κ3) is 13.1. The SMILES string of the molecule is CCCCCCCN(C(=O)C(Cc1ccccc1)NC(=O)OC(C)(C)C)C(C(=O)NCCC(=O)OCC)c1cccc(O)c1. The maximum Gasteiger partial charge on any atom is 0.408 e. The molecular weight excluding hydrogens is 562 g/mol. The summed E-state index contributed by atoms with van der Waals surface area (Å²) in [5, 5.41) is 15.8. The van der Waals surface area contributed by atoms with E-state index in [4.69, 9.17) is 9.47 Å². The number of phenols is 1. The van der Waals surface area contributed by atoms with E-state index in [1.54, 1.807) is 39.8 Å². The van der Waals surface area contributed by atoms with Crippen LogP contribution in [0.15, 0.2) is 54.6 Å². The molecule has 0 fully saturated rings. The van der Waals surface area contributed by atoms with Crippen LogP contribution in [-0.4, -0.2) is 65.2 Å². The second-order valence-electron chi connectivity index (χ2n) is 11.7. The third-order valence-corrected chi connectivity index (χ3v) is 6.74. The van der Waals surface area contributed by atoms with E-state index in [0.29, 0.717) is 12.0 Å². The quantitative estimate of drug-likeness (QED) is 0.160. The Morgan fingerprint density at radius 1 is 0.932 bits per heavy atom. The zero-order valence-corrected chi connectivity index (χ0v) is 26.8. The molecule has 3 amide bonds. The van der Waals surface area contributed by atoms with Crippen LogP contribution in [0, 0.1) is 0 Å². The molecule has 44 heavy (non-hydrogen) atoms. The molecule has 3 N–H and O–H groups in total. The lowest BCUT2D eigenvalue weighted by atomic mass is 9.99. The number of rotatable bonds is 17. The monoisotopic (exact) mass is 611 g/mol. The Balaban J connectivity index is 2.50. The second-order valence-corrected chi connectivity index (χ2v) is 11.7. The molecule has 2 rings (SSSR count). The first kappa shape index (κ1) is 36.1. The fourth-order valence-corrected chi connectivity index (χ4v) is 4.74. The summed E-state index contributed by atoms with van der Waals surface area (Å²) in [4.78, 5) is 54.6. The first-order valence-electron chi connectivity index (χ1n) is 15.5. The molecule has 10 nitrogen and oxygen atoms in total. The van der Waals surface area contributed by atoms with Crippen molar-refractivity contribution >= 4 is 23.9 Å². The van der Waals surface area contributed by atoms with E-state index in [0.717, 1.165) is 31.2 Å². The van der Waals surface area contributed by atoms with Gasteiger partial charge in [-0.1, -0.05) is 75.1 Å². The third-order valence-electron chi connectivity index (χ3n) is 6.74. The number of amides is 3. The largest absolute Gasteiger partial charge is 0.508 e. The van der Waals surface area contributed by atoms with Gasteiger partial charge in [0.2, 0.25) is 11.8 Å². The van der Waals surface area contributed by atoms with E-state index in [-0.39, 0.29) is 38.3 Å². The number of hydrogen-bond donors (Lipinski definition) is 3. The van der Waals surface area contributed by atoms with Crippen molar-refractivity contribution in [2.45, 2.75) is 97.2 Å². The normalized spacial score (nSPS) is 12.5. The molecule has 0 aliphatic carbocycles. The number of phenolic OH excluding ortho intramolecular Hbond substituents is 1. The van der Waals surface area contributed by atoms with Crippen molar-refractivity contribution in [3.05, 3.63) is 65.7 Å². The van der Waals surface area contributed by atoms with Gasteiger partial charge in [0.15, 0.2) is 0 Å². The number of ether oxygens (including phenoxy) is 2. The van der Waals surface area contributed by atoms with Crippen LogP contribution >= 0.6 is 0 Å². The van der Waals surface area contributed by atoms with Gasteiger partial charge in [0.25, 0.3) is 0 Å². The van der Waals surface area contributed by atoms with E-state index in [9.17, 15) is 24.3 Å². The number of nitrogens with one attached hydrogen (secondary N) is 2. The summed E-state index contributed by atoms with van der Waals surface area (Å²) in [6.07, 6.45) is 3.94. The lowest BCUT2D eigenvalue weighted by molar-refractivity contribution is -0.144. The van der Waals surface area contributed by atoms with Gasteiger partial charge in [-0.15, -0.1) is 0 Å². The Hall–Kier alpha value is -4.08. The molecule has 2 atom stereocenters. The Morgan fingerprint density at radius 2 is 1.64 bits per heavy atom. The van der Waals surface area contributed by atoms with Gasteiger partial charge < -0.3 is 30.1 Å². The van der Waals surface area contributed by atoms with Crippen LogP contribution in [0.1, 0.15) is 90.3 Å². The maximum absolute atomic E-state index is 14.5. The molecule has 0 aliphatic rings. The summed E-state index contributed by atoms with van der Waals surface area (Å²) in [5.74, 6) is -1.49. The van der Waals surface area contributed by atoms with Crippen LogP contribution < -0.4 is 10.6 Å². The van der Waals surface area contributed by atoms with Crippen molar-refractivity contribution in [1.82, 2.24) is 15.5 Å². The fraction of sp³-hybridized carbons (Fsp3) is 0.529. The van der Waals surface area contributed by atoms with E-state index in [1.807, 2.05) is 30.3 Å². The molecule has 0 heterocycles. The summed E-state index contributed by atoms with van der Waals surface area (Å²) in [6.45, 7) is 9.50. The molecule has 0 bridgehead atoms. The van der Waals surface area contributed by atoms with Crippen molar-refractivity contribution in [2.24, 2.45) is 0 Å². The first-order valence-corrected chi connectivity index (χ1v) is 15.5. The molecule has 10 heteroatoms. The van der Waals surface area contributed by atoms with E-state index < -0.39 is 41.6 Å². The molecule has 0 saturated heterocycles. The van der Waals surface area contributed by atoms with E-state index in [1.165, 1.54) is 17.0 Å². The molecule has 0 aromatic heterocycles. The van der Waals surface area contributed by atoms with Crippen molar-refractivity contribution in [2.75, 3.05) is 19.7 Å². The number of alkyl carbamates (subject to hydrolysis) is 1. The van der Waals surface area contributed by atoms with Gasteiger partial charge in [-0.25, -0.2) is 4.79 Å². The van der Waals surface area contributed by atoms with Crippen LogP contribution in [0.5, 0.6) is 5.75 Å². The Kier molecular flexibility index (Phi) is 15.2. The van der Waals surface area contributed by atoms with Crippen LogP contribution in [-0.2, 0) is 30.3 Å². The smallest absolute Gasteiger partial charge is 0.408 e.